The van der Waals surface area contributed by atoms with Gasteiger partial charge in [-0.2, -0.15) is 0 Å². The summed E-state index contributed by atoms with van der Waals surface area (Å²) in [6.45, 7) is 0.856. The van der Waals surface area contributed by atoms with Crippen molar-refractivity contribution in [3.05, 3.63) is 24.1 Å². The molecule has 80 valence electrons. The zero-order valence-corrected chi connectivity index (χ0v) is 8.91. The number of para-hydroxylation sites is 1. The molecule has 15 heavy (non-hydrogen) atoms. The van der Waals surface area contributed by atoms with Gasteiger partial charge >= 0.3 is 0 Å². The summed E-state index contributed by atoms with van der Waals surface area (Å²) in [4.78, 5) is 4.37. The maximum Gasteiger partial charge on any atom is 0.196 e. The molecule has 0 fully saturated rings. The van der Waals surface area contributed by atoms with Crippen LogP contribution in [0.4, 0.5) is 0 Å². The molecule has 2 rings (SSSR count). The Bertz CT molecular complexity index is 451. The lowest BCUT2D eigenvalue weighted by Gasteiger charge is -1.97. The van der Waals surface area contributed by atoms with Crippen LogP contribution in [0.25, 0.3) is 11.1 Å². The van der Waals surface area contributed by atoms with Gasteiger partial charge in [-0.05, 0) is 19.2 Å². The van der Waals surface area contributed by atoms with Gasteiger partial charge in [0.25, 0.3) is 0 Å². The highest BCUT2D eigenvalue weighted by molar-refractivity contribution is 5.79. The number of nitrogens with one attached hydrogen (secondary N) is 1. The second kappa shape index (κ2) is 4.31. The molecule has 0 aliphatic heterocycles. The summed E-state index contributed by atoms with van der Waals surface area (Å²) in [7, 11) is 3.54. The van der Waals surface area contributed by atoms with Crippen LogP contribution in [-0.4, -0.2) is 25.7 Å². The van der Waals surface area contributed by atoms with Crippen LogP contribution < -0.4 is 10.1 Å². The standard InChI is InChI=1S/C11H14N2O2/c1-12-7-6-10-13-8-4-3-5-9(14-2)11(8)15-10/h3-5,12H,6-7H2,1-2H3. The average Bonchev–Trinajstić information content (AvgIpc) is 2.68. The van der Waals surface area contributed by atoms with Crippen molar-refractivity contribution >= 4 is 11.1 Å². The van der Waals surface area contributed by atoms with Gasteiger partial charge in [-0.3, -0.25) is 0 Å². The predicted octanol–water partition coefficient (Wildman–Crippen LogP) is 1.60. The van der Waals surface area contributed by atoms with Gasteiger partial charge < -0.3 is 14.5 Å². The lowest BCUT2D eigenvalue weighted by Crippen LogP contribution is -2.10. The lowest BCUT2D eigenvalue weighted by molar-refractivity contribution is 0.406. The van der Waals surface area contributed by atoms with Gasteiger partial charge in [-0.1, -0.05) is 6.07 Å². The number of likely N-dealkylation sites (N-methyl/N-ethyl adjacent to an activating group) is 1. The fourth-order valence-corrected chi connectivity index (χ4v) is 1.47. The van der Waals surface area contributed by atoms with E-state index in [1.807, 2.05) is 25.2 Å². The molecule has 4 heteroatoms. The summed E-state index contributed by atoms with van der Waals surface area (Å²) >= 11 is 0. The molecular weight excluding hydrogens is 192 g/mol. The van der Waals surface area contributed by atoms with Crippen LogP contribution in [0.5, 0.6) is 5.75 Å². The van der Waals surface area contributed by atoms with Crippen molar-refractivity contribution < 1.29 is 9.15 Å². The van der Waals surface area contributed by atoms with Crippen molar-refractivity contribution in [1.29, 1.82) is 0 Å². The predicted molar refractivity (Wildman–Crippen MR) is 58.2 cm³/mol. The Labute approximate surface area is 88.3 Å². The molecule has 2 aromatic rings. The SMILES string of the molecule is CNCCc1nc2cccc(OC)c2o1. The van der Waals surface area contributed by atoms with Gasteiger partial charge in [0.1, 0.15) is 5.52 Å². The van der Waals surface area contributed by atoms with E-state index >= 15 is 0 Å². The molecule has 0 saturated carbocycles. The molecule has 1 heterocycles. The molecule has 0 amide bonds. The van der Waals surface area contributed by atoms with Crippen LogP contribution in [0.2, 0.25) is 0 Å². The van der Waals surface area contributed by atoms with Crippen LogP contribution in [0.1, 0.15) is 5.89 Å². The second-order valence-electron chi connectivity index (χ2n) is 3.27. The van der Waals surface area contributed by atoms with Crippen molar-refractivity contribution in [3.63, 3.8) is 0 Å². The van der Waals surface area contributed by atoms with Gasteiger partial charge in [-0.25, -0.2) is 4.98 Å². The molecule has 0 atom stereocenters. The first kappa shape index (κ1) is 9.98. The van der Waals surface area contributed by atoms with Crippen LogP contribution in [-0.2, 0) is 6.42 Å². The van der Waals surface area contributed by atoms with Gasteiger partial charge in [0, 0.05) is 13.0 Å². The van der Waals surface area contributed by atoms with Crippen LogP contribution in [0, 0.1) is 0 Å². The Balaban J connectivity index is 2.37. The quantitative estimate of drug-likeness (QED) is 0.825. The molecule has 0 saturated heterocycles. The molecule has 1 aromatic carbocycles. The number of rotatable bonds is 4. The number of nitrogens with zero attached hydrogens (tertiary/aromatic N) is 1. The highest BCUT2D eigenvalue weighted by Gasteiger charge is 2.09. The molecular formula is C11H14N2O2. The fourth-order valence-electron chi connectivity index (χ4n) is 1.47. The van der Waals surface area contributed by atoms with E-state index in [1.165, 1.54) is 0 Å². The summed E-state index contributed by atoms with van der Waals surface area (Å²) in [6, 6.07) is 5.70. The summed E-state index contributed by atoms with van der Waals surface area (Å²) in [5, 5.41) is 3.06. The number of ether oxygens (including phenoxy) is 1. The lowest BCUT2D eigenvalue weighted by atomic mass is 10.3. The largest absolute Gasteiger partial charge is 0.493 e. The maximum absolute atomic E-state index is 5.62. The maximum atomic E-state index is 5.62. The molecule has 0 aliphatic rings. The van der Waals surface area contributed by atoms with E-state index in [-0.39, 0.29) is 0 Å². The Morgan fingerprint density at radius 1 is 1.47 bits per heavy atom. The van der Waals surface area contributed by atoms with E-state index in [0.29, 0.717) is 0 Å². The topological polar surface area (TPSA) is 47.3 Å². The Morgan fingerprint density at radius 3 is 3.07 bits per heavy atom. The van der Waals surface area contributed by atoms with Gasteiger partial charge in [0.2, 0.25) is 0 Å². The summed E-state index contributed by atoms with van der Waals surface area (Å²) in [6.07, 6.45) is 0.786. The zero-order valence-electron chi connectivity index (χ0n) is 8.91. The van der Waals surface area contributed by atoms with E-state index in [4.69, 9.17) is 9.15 Å². The summed E-state index contributed by atoms with van der Waals surface area (Å²) in [5.74, 6) is 1.47. The number of fused-ring (bicyclic) bond motifs is 1. The van der Waals surface area contributed by atoms with E-state index in [0.717, 1.165) is 35.7 Å². The molecule has 1 aromatic heterocycles. The third kappa shape index (κ3) is 1.94. The Kier molecular flexibility index (Phi) is 2.87. The molecule has 4 nitrogen and oxygen atoms in total. The average molecular weight is 206 g/mol. The molecule has 0 aliphatic carbocycles. The van der Waals surface area contributed by atoms with Crippen molar-refractivity contribution in [3.8, 4) is 5.75 Å². The van der Waals surface area contributed by atoms with Crippen molar-refractivity contribution in [2.75, 3.05) is 20.7 Å². The minimum Gasteiger partial charge on any atom is -0.493 e. The first-order valence-corrected chi connectivity index (χ1v) is 4.92. The molecule has 0 spiro atoms. The Hall–Kier alpha value is -1.55. The number of hydrogen-bond donors (Lipinski definition) is 1. The van der Waals surface area contributed by atoms with Crippen LogP contribution in [0.15, 0.2) is 22.6 Å². The molecule has 0 radical (unpaired) electrons. The number of aromatic nitrogens is 1. The first-order valence-electron chi connectivity index (χ1n) is 4.92. The summed E-state index contributed by atoms with van der Waals surface area (Å²) < 4.78 is 10.8. The van der Waals surface area contributed by atoms with Crippen molar-refractivity contribution in [2.45, 2.75) is 6.42 Å². The third-order valence-corrected chi connectivity index (χ3v) is 2.23. The van der Waals surface area contributed by atoms with Gasteiger partial charge in [-0.15, -0.1) is 0 Å². The molecule has 1 N–H and O–H groups in total. The minimum absolute atomic E-state index is 0.728. The number of hydrogen-bond acceptors (Lipinski definition) is 4. The van der Waals surface area contributed by atoms with E-state index in [9.17, 15) is 0 Å². The number of benzene rings is 1. The smallest absolute Gasteiger partial charge is 0.196 e. The zero-order chi connectivity index (χ0) is 10.7. The van der Waals surface area contributed by atoms with Crippen LogP contribution in [0.3, 0.4) is 0 Å². The van der Waals surface area contributed by atoms with Gasteiger partial charge in [0.05, 0.1) is 7.11 Å². The fraction of sp³-hybridized carbons (Fsp3) is 0.364. The van der Waals surface area contributed by atoms with Crippen molar-refractivity contribution in [2.24, 2.45) is 0 Å². The highest BCUT2D eigenvalue weighted by atomic mass is 16.5. The summed E-state index contributed by atoms with van der Waals surface area (Å²) in [5.41, 5.74) is 1.58. The highest BCUT2D eigenvalue weighted by Crippen LogP contribution is 2.25. The number of methoxy groups -OCH3 is 1. The minimum atomic E-state index is 0.728. The normalized spacial score (nSPS) is 10.8. The van der Waals surface area contributed by atoms with Gasteiger partial charge in [0.15, 0.2) is 17.2 Å². The van der Waals surface area contributed by atoms with Crippen molar-refractivity contribution in [1.82, 2.24) is 10.3 Å². The van der Waals surface area contributed by atoms with E-state index < -0.39 is 0 Å². The first-order chi connectivity index (χ1) is 7.35. The molecule has 0 bridgehead atoms. The second-order valence-corrected chi connectivity index (χ2v) is 3.27. The number of oxazole rings is 1. The molecule has 0 unspecified atom stereocenters. The van der Waals surface area contributed by atoms with Crippen LogP contribution >= 0.6 is 0 Å². The monoisotopic (exact) mass is 206 g/mol. The third-order valence-electron chi connectivity index (χ3n) is 2.23. The Morgan fingerprint density at radius 2 is 2.33 bits per heavy atom. The van der Waals surface area contributed by atoms with E-state index in [1.54, 1.807) is 7.11 Å². The van der Waals surface area contributed by atoms with E-state index in [2.05, 4.69) is 10.3 Å².